The molecule has 0 spiro atoms. The van der Waals surface area contributed by atoms with Crippen LogP contribution < -0.4 is 11.1 Å². The Morgan fingerprint density at radius 1 is 1.33 bits per heavy atom. The van der Waals surface area contributed by atoms with Crippen LogP contribution in [-0.2, 0) is 12.0 Å². The Kier molecular flexibility index (Phi) is 3.69. The van der Waals surface area contributed by atoms with Gasteiger partial charge >= 0.3 is 0 Å². The number of pyridine rings is 1. The van der Waals surface area contributed by atoms with Crippen LogP contribution >= 0.6 is 0 Å². The number of nitrogens with one attached hydrogen (secondary N) is 1. The van der Waals surface area contributed by atoms with Crippen molar-refractivity contribution in [2.45, 2.75) is 39.7 Å². The van der Waals surface area contributed by atoms with E-state index in [9.17, 15) is 0 Å². The third kappa shape index (κ3) is 3.20. The van der Waals surface area contributed by atoms with Gasteiger partial charge in [0.25, 0.3) is 0 Å². The van der Waals surface area contributed by atoms with Crippen LogP contribution in [0.15, 0.2) is 12.1 Å². The van der Waals surface area contributed by atoms with Gasteiger partial charge in [0.05, 0.1) is 0 Å². The summed E-state index contributed by atoms with van der Waals surface area (Å²) in [5, 5.41) is 3.23. The fourth-order valence-corrected chi connectivity index (χ4v) is 1.36. The van der Waals surface area contributed by atoms with Gasteiger partial charge in [-0.3, -0.25) is 0 Å². The van der Waals surface area contributed by atoms with E-state index in [4.69, 9.17) is 5.73 Å². The largest absolute Gasteiger partial charge is 0.370 e. The van der Waals surface area contributed by atoms with Crippen molar-refractivity contribution in [1.29, 1.82) is 0 Å². The van der Waals surface area contributed by atoms with Crippen molar-refractivity contribution >= 4 is 5.82 Å². The summed E-state index contributed by atoms with van der Waals surface area (Å²) in [7, 11) is 0. The molecule has 1 rings (SSSR count). The molecule has 0 radical (unpaired) electrons. The van der Waals surface area contributed by atoms with Crippen LogP contribution in [0.4, 0.5) is 5.82 Å². The summed E-state index contributed by atoms with van der Waals surface area (Å²) >= 11 is 0. The van der Waals surface area contributed by atoms with Gasteiger partial charge in [-0.05, 0) is 24.6 Å². The Hall–Kier alpha value is -1.09. The SMILES string of the molecule is CCNc1cc(CN)cc(C(C)(C)C)n1. The molecule has 0 aliphatic rings. The monoisotopic (exact) mass is 207 g/mol. The van der Waals surface area contributed by atoms with Gasteiger partial charge < -0.3 is 11.1 Å². The van der Waals surface area contributed by atoms with E-state index in [0.717, 1.165) is 23.6 Å². The number of anilines is 1. The van der Waals surface area contributed by atoms with Crippen LogP contribution in [0, 0.1) is 0 Å². The van der Waals surface area contributed by atoms with E-state index >= 15 is 0 Å². The second-order valence-electron chi connectivity index (χ2n) is 4.73. The van der Waals surface area contributed by atoms with Crippen LogP contribution in [0.2, 0.25) is 0 Å². The van der Waals surface area contributed by atoms with Crippen LogP contribution in [-0.4, -0.2) is 11.5 Å². The standard InChI is InChI=1S/C12H21N3/c1-5-14-11-7-9(8-13)6-10(15-11)12(2,3)4/h6-7H,5,8,13H2,1-4H3,(H,14,15). The molecule has 0 aromatic carbocycles. The lowest BCUT2D eigenvalue weighted by molar-refractivity contribution is 0.568. The van der Waals surface area contributed by atoms with Crippen molar-refractivity contribution in [3.05, 3.63) is 23.4 Å². The molecule has 0 amide bonds. The lowest BCUT2D eigenvalue weighted by Crippen LogP contribution is -2.16. The first-order valence-corrected chi connectivity index (χ1v) is 5.42. The molecule has 3 N–H and O–H groups in total. The highest BCUT2D eigenvalue weighted by Gasteiger charge is 2.16. The molecule has 0 bridgehead atoms. The molecule has 0 saturated carbocycles. The topological polar surface area (TPSA) is 50.9 Å². The minimum atomic E-state index is 0.0648. The van der Waals surface area contributed by atoms with E-state index in [-0.39, 0.29) is 5.41 Å². The fraction of sp³-hybridized carbons (Fsp3) is 0.583. The summed E-state index contributed by atoms with van der Waals surface area (Å²) in [6.07, 6.45) is 0. The molecule has 0 saturated heterocycles. The number of rotatable bonds is 3. The molecule has 3 heteroatoms. The Balaban J connectivity index is 3.11. The van der Waals surface area contributed by atoms with Crippen molar-refractivity contribution in [2.75, 3.05) is 11.9 Å². The first kappa shape index (κ1) is 12.0. The third-order valence-electron chi connectivity index (χ3n) is 2.25. The molecule has 1 heterocycles. The number of hydrogen-bond donors (Lipinski definition) is 2. The highest BCUT2D eigenvalue weighted by Crippen LogP contribution is 2.23. The first-order valence-electron chi connectivity index (χ1n) is 5.42. The minimum Gasteiger partial charge on any atom is -0.370 e. The lowest BCUT2D eigenvalue weighted by Gasteiger charge is -2.19. The van der Waals surface area contributed by atoms with Gasteiger partial charge in [0, 0.05) is 24.2 Å². The lowest BCUT2D eigenvalue weighted by atomic mass is 9.91. The van der Waals surface area contributed by atoms with Gasteiger partial charge in [-0.15, -0.1) is 0 Å². The maximum Gasteiger partial charge on any atom is 0.126 e. The average Bonchev–Trinajstić information content (AvgIpc) is 2.16. The molecule has 0 unspecified atom stereocenters. The van der Waals surface area contributed by atoms with Crippen LogP contribution in [0.5, 0.6) is 0 Å². The maximum atomic E-state index is 5.67. The average molecular weight is 207 g/mol. The molecule has 1 aromatic rings. The molecule has 3 nitrogen and oxygen atoms in total. The molecule has 15 heavy (non-hydrogen) atoms. The molecular formula is C12H21N3. The van der Waals surface area contributed by atoms with Crippen molar-refractivity contribution in [3.8, 4) is 0 Å². The second kappa shape index (κ2) is 4.62. The molecule has 0 fully saturated rings. The Bertz CT molecular complexity index is 326. The summed E-state index contributed by atoms with van der Waals surface area (Å²) in [5.41, 5.74) is 7.95. The van der Waals surface area contributed by atoms with Crippen molar-refractivity contribution in [2.24, 2.45) is 5.73 Å². The van der Waals surface area contributed by atoms with Crippen LogP contribution in [0.3, 0.4) is 0 Å². The van der Waals surface area contributed by atoms with E-state index in [1.165, 1.54) is 0 Å². The molecule has 0 aliphatic heterocycles. The zero-order chi connectivity index (χ0) is 11.5. The van der Waals surface area contributed by atoms with Crippen molar-refractivity contribution in [3.63, 3.8) is 0 Å². The van der Waals surface area contributed by atoms with Gasteiger partial charge in [-0.2, -0.15) is 0 Å². The predicted octanol–water partition coefficient (Wildman–Crippen LogP) is 2.27. The van der Waals surface area contributed by atoms with Gasteiger partial charge in [0.1, 0.15) is 5.82 Å². The summed E-state index contributed by atoms with van der Waals surface area (Å²) in [6.45, 7) is 9.98. The smallest absolute Gasteiger partial charge is 0.126 e. The van der Waals surface area contributed by atoms with E-state index in [2.05, 4.69) is 44.1 Å². The highest BCUT2D eigenvalue weighted by atomic mass is 15.0. The Labute approximate surface area is 92.1 Å². The summed E-state index contributed by atoms with van der Waals surface area (Å²) < 4.78 is 0. The van der Waals surface area contributed by atoms with Gasteiger partial charge in [0.15, 0.2) is 0 Å². The molecule has 0 atom stereocenters. The summed E-state index contributed by atoms with van der Waals surface area (Å²) in [6, 6.07) is 4.10. The quantitative estimate of drug-likeness (QED) is 0.799. The van der Waals surface area contributed by atoms with E-state index in [1.54, 1.807) is 0 Å². The molecule has 1 aromatic heterocycles. The Morgan fingerprint density at radius 3 is 2.47 bits per heavy atom. The molecule has 0 aliphatic carbocycles. The second-order valence-corrected chi connectivity index (χ2v) is 4.73. The maximum absolute atomic E-state index is 5.67. The minimum absolute atomic E-state index is 0.0648. The zero-order valence-electron chi connectivity index (χ0n) is 10.1. The third-order valence-corrected chi connectivity index (χ3v) is 2.25. The molecular weight excluding hydrogens is 186 g/mol. The Morgan fingerprint density at radius 2 is 2.00 bits per heavy atom. The van der Waals surface area contributed by atoms with Crippen LogP contribution in [0.25, 0.3) is 0 Å². The zero-order valence-corrected chi connectivity index (χ0v) is 10.1. The normalized spacial score (nSPS) is 11.5. The summed E-state index contributed by atoms with van der Waals surface area (Å²) in [5.74, 6) is 0.922. The predicted molar refractivity (Wildman–Crippen MR) is 65.0 cm³/mol. The summed E-state index contributed by atoms with van der Waals surface area (Å²) in [4.78, 5) is 4.58. The van der Waals surface area contributed by atoms with Gasteiger partial charge in [0.2, 0.25) is 0 Å². The van der Waals surface area contributed by atoms with E-state index < -0.39 is 0 Å². The number of hydrogen-bond acceptors (Lipinski definition) is 3. The fourth-order valence-electron chi connectivity index (χ4n) is 1.36. The number of nitrogens with zero attached hydrogens (tertiary/aromatic N) is 1. The van der Waals surface area contributed by atoms with Crippen LogP contribution in [0.1, 0.15) is 39.0 Å². The van der Waals surface area contributed by atoms with Crippen molar-refractivity contribution < 1.29 is 0 Å². The number of aromatic nitrogens is 1. The number of nitrogens with two attached hydrogens (primary N) is 1. The van der Waals surface area contributed by atoms with Crippen molar-refractivity contribution in [1.82, 2.24) is 4.98 Å². The van der Waals surface area contributed by atoms with Gasteiger partial charge in [-0.1, -0.05) is 20.8 Å². The first-order chi connectivity index (χ1) is 6.97. The molecule has 84 valence electrons. The highest BCUT2D eigenvalue weighted by molar-refractivity contribution is 5.41. The van der Waals surface area contributed by atoms with E-state index in [1.807, 2.05) is 6.07 Å². The van der Waals surface area contributed by atoms with E-state index in [0.29, 0.717) is 6.54 Å². The van der Waals surface area contributed by atoms with Gasteiger partial charge in [-0.25, -0.2) is 4.98 Å².